The summed E-state index contributed by atoms with van der Waals surface area (Å²) in [7, 11) is 3.42. The Morgan fingerprint density at radius 2 is 2.13 bits per heavy atom. The van der Waals surface area contributed by atoms with Crippen LogP contribution in [0.5, 0.6) is 0 Å². The van der Waals surface area contributed by atoms with E-state index >= 15 is 0 Å². The number of carbonyl (C=O) groups is 1. The van der Waals surface area contributed by atoms with Crippen molar-refractivity contribution in [3.05, 3.63) is 0 Å². The molecule has 7 nitrogen and oxygen atoms in total. The van der Waals surface area contributed by atoms with Crippen LogP contribution in [0.3, 0.4) is 0 Å². The van der Waals surface area contributed by atoms with Crippen molar-refractivity contribution in [1.29, 1.82) is 5.41 Å². The van der Waals surface area contributed by atoms with Crippen LogP contribution in [0.4, 0.5) is 0 Å². The van der Waals surface area contributed by atoms with Crippen LogP contribution in [0.25, 0.3) is 0 Å². The minimum Gasteiger partial charge on any atom is -0.480 e. The summed E-state index contributed by atoms with van der Waals surface area (Å²) < 4.78 is 0. The minimum atomic E-state index is -0.852. The summed E-state index contributed by atoms with van der Waals surface area (Å²) in [5.41, 5.74) is 1.64. The van der Waals surface area contributed by atoms with Gasteiger partial charge >= 0.3 is 5.97 Å². The second-order valence-electron chi connectivity index (χ2n) is 3.37. The molecular weight excluding hydrogens is 200 g/mol. The highest BCUT2D eigenvalue weighted by Crippen LogP contribution is 2.02. The maximum absolute atomic E-state index is 10.8. The third-order valence-corrected chi connectivity index (χ3v) is 1.98. The van der Waals surface area contributed by atoms with Crippen molar-refractivity contribution in [2.75, 3.05) is 20.6 Å². The predicted octanol–water partition coefficient (Wildman–Crippen LogP) is -0.715. The molecule has 0 saturated carbocycles. The summed E-state index contributed by atoms with van der Waals surface area (Å²) >= 11 is 0. The topological polar surface area (TPSA) is 109 Å². The molecule has 0 aliphatic rings. The molecule has 0 radical (unpaired) electrons. The largest absolute Gasteiger partial charge is 0.480 e. The lowest BCUT2D eigenvalue weighted by Gasteiger charge is -2.19. The molecule has 0 bridgehead atoms. The van der Waals surface area contributed by atoms with E-state index in [2.05, 4.69) is 5.32 Å². The first-order valence-corrected chi connectivity index (χ1v) is 4.60. The Labute approximate surface area is 88.5 Å². The van der Waals surface area contributed by atoms with Crippen LogP contribution in [-0.4, -0.2) is 53.8 Å². The van der Waals surface area contributed by atoms with E-state index < -0.39 is 12.0 Å². The lowest BCUT2D eigenvalue weighted by atomic mass is 10.1. The SMILES string of the molecule is CN(C)C(CCCNC(=N)NO)C(=O)O. The molecule has 0 aliphatic heterocycles. The number of hydroxylamine groups is 1. The highest BCUT2D eigenvalue weighted by Gasteiger charge is 2.18. The van der Waals surface area contributed by atoms with Gasteiger partial charge < -0.3 is 10.4 Å². The van der Waals surface area contributed by atoms with Crippen LogP contribution in [0.2, 0.25) is 0 Å². The molecule has 0 aromatic carbocycles. The van der Waals surface area contributed by atoms with Gasteiger partial charge in [0.1, 0.15) is 6.04 Å². The summed E-state index contributed by atoms with van der Waals surface area (Å²) in [6.07, 6.45) is 1.10. The van der Waals surface area contributed by atoms with Crippen molar-refractivity contribution >= 4 is 11.9 Å². The third-order valence-electron chi connectivity index (χ3n) is 1.98. The molecular formula is C8H18N4O3. The molecule has 1 atom stereocenters. The van der Waals surface area contributed by atoms with Gasteiger partial charge in [0.05, 0.1) is 0 Å². The van der Waals surface area contributed by atoms with E-state index in [1.807, 2.05) is 0 Å². The number of guanidine groups is 1. The molecule has 0 heterocycles. The number of nitrogens with one attached hydrogen (secondary N) is 3. The highest BCUT2D eigenvalue weighted by atomic mass is 16.5. The van der Waals surface area contributed by atoms with E-state index in [1.54, 1.807) is 24.5 Å². The molecule has 7 heteroatoms. The van der Waals surface area contributed by atoms with E-state index in [4.69, 9.17) is 15.7 Å². The molecule has 88 valence electrons. The second kappa shape index (κ2) is 7.02. The Balaban J connectivity index is 3.72. The first-order valence-electron chi connectivity index (χ1n) is 4.60. The number of hydrogen-bond donors (Lipinski definition) is 5. The Hall–Kier alpha value is -1.34. The molecule has 15 heavy (non-hydrogen) atoms. The Morgan fingerprint density at radius 3 is 2.53 bits per heavy atom. The molecule has 0 amide bonds. The van der Waals surface area contributed by atoms with Gasteiger partial charge in [0, 0.05) is 6.54 Å². The monoisotopic (exact) mass is 218 g/mol. The van der Waals surface area contributed by atoms with Gasteiger partial charge in [-0.3, -0.25) is 20.3 Å². The summed E-state index contributed by atoms with van der Waals surface area (Å²) in [6, 6.07) is -0.511. The summed E-state index contributed by atoms with van der Waals surface area (Å²) in [4.78, 5) is 12.4. The van der Waals surface area contributed by atoms with Gasteiger partial charge in [0.25, 0.3) is 0 Å². The van der Waals surface area contributed by atoms with Crippen molar-refractivity contribution in [2.24, 2.45) is 0 Å². The molecule has 0 aliphatic carbocycles. The van der Waals surface area contributed by atoms with Crippen molar-refractivity contribution in [1.82, 2.24) is 15.7 Å². The first kappa shape index (κ1) is 13.7. The van der Waals surface area contributed by atoms with Crippen LogP contribution in [-0.2, 0) is 4.79 Å². The molecule has 0 rings (SSSR count). The van der Waals surface area contributed by atoms with Gasteiger partial charge in [-0.25, -0.2) is 5.48 Å². The number of likely N-dealkylation sites (N-methyl/N-ethyl adjacent to an activating group) is 1. The lowest BCUT2D eigenvalue weighted by molar-refractivity contribution is -0.142. The highest BCUT2D eigenvalue weighted by molar-refractivity contribution is 5.75. The zero-order chi connectivity index (χ0) is 11.8. The van der Waals surface area contributed by atoms with Crippen molar-refractivity contribution < 1.29 is 15.1 Å². The smallest absolute Gasteiger partial charge is 0.320 e. The third kappa shape index (κ3) is 5.87. The van der Waals surface area contributed by atoms with Crippen LogP contribution in [0.1, 0.15) is 12.8 Å². The molecule has 5 N–H and O–H groups in total. The maximum Gasteiger partial charge on any atom is 0.320 e. The molecule has 0 saturated heterocycles. The molecule has 1 unspecified atom stereocenters. The Morgan fingerprint density at radius 1 is 1.53 bits per heavy atom. The van der Waals surface area contributed by atoms with Crippen molar-refractivity contribution in [3.63, 3.8) is 0 Å². The quantitative estimate of drug-likeness (QED) is 0.174. The zero-order valence-electron chi connectivity index (χ0n) is 8.95. The van der Waals surface area contributed by atoms with Gasteiger partial charge in [-0.2, -0.15) is 0 Å². The summed E-state index contributed by atoms with van der Waals surface area (Å²) in [6.45, 7) is 0.448. The fourth-order valence-corrected chi connectivity index (χ4v) is 1.15. The van der Waals surface area contributed by atoms with E-state index in [9.17, 15) is 4.79 Å². The molecule has 0 spiro atoms. The number of rotatable bonds is 6. The van der Waals surface area contributed by atoms with E-state index in [0.29, 0.717) is 19.4 Å². The Bertz CT molecular complexity index is 220. The van der Waals surface area contributed by atoms with Gasteiger partial charge in [-0.15, -0.1) is 0 Å². The first-order chi connectivity index (χ1) is 6.99. The van der Waals surface area contributed by atoms with Crippen molar-refractivity contribution in [3.8, 4) is 0 Å². The van der Waals surface area contributed by atoms with Crippen LogP contribution < -0.4 is 10.8 Å². The number of hydrogen-bond acceptors (Lipinski definition) is 4. The van der Waals surface area contributed by atoms with Crippen LogP contribution in [0.15, 0.2) is 0 Å². The second-order valence-corrected chi connectivity index (χ2v) is 3.37. The average Bonchev–Trinajstić information content (AvgIpc) is 2.15. The number of carboxylic acid groups (broad SMARTS) is 1. The molecule has 0 aromatic heterocycles. The minimum absolute atomic E-state index is 0.188. The normalized spacial score (nSPS) is 12.3. The van der Waals surface area contributed by atoms with Crippen LogP contribution >= 0.6 is 0 Å². The fraction of sp³-hybridized carbons (Fsp3) is 0.750. The van der Waals surface area contributed by atoms with Gasteiger partial charge in [-0.1, -0.05) is 0 Å². The summed E-state index contributed by atoms with van der Waals surface area (Å²) in [5.74, 6) is -1.04. The van der Waals surface area contributed by atoms with Gasteiger partial charge in [0.2, 0.25) is 5.96 Å². The Kier molecular flexibility index (Phi) is 6.39. The maximum atomic E-state index is 10.8. The number of carboxylic acids is 1. The summed E-state index contributed by atoms with van der Waals surface area (Å²) in [5, 5.41) is 26.7. The van der Waals surface area contributed by atoms with Crippen molar-refractivity contribution in [2.45, 2.75) is 18.9 Å². The van der Waals surface area contributed by atoms with E-state index in [1.165, 1.54) is 0 Å². The molecule has 0 fully saturated rings. The average molecular weight is 218 g/mol. The van der Waals surface area contributed by atoms with Gasteiger partial charge in [-0.05, 0) is 26.9 Å². The molecule has 0 aromatic rings. The predicted molar refractivity (Wildman–Crippen MR) is 55.0 cm³/mol. The number of aliphatic carboxylic acids is 1. The van der Waals surface area contributed by atoms with Gasteiger partial charge in [0.15, 0.2) is 0 Å². The van der Waals surface area contributed by atoms with Crippen LogP contribution in [0, 0.1) is 5.41 Å². The van der Waals surface area contributed by atoms with E-state index in [0.717, 1.165) is 0 Å². The number of nitrogens with zero attached hydrogens (tertiary/aromatic N) is 1. The van der Waals surface area contributed by atoms with E-state index in [-0.39, 0.29) is 5.96 Å². The standard InChI is InChI=1S/C8H18N4O3/c1-12(2)6(7(13)14)4-3-5-10-8(9)11-15/h6,15H,3-5H2,1-2H3,(H,13,14)(H3,9,10,11). The zero-order valence-corrected chi connectivity index (χ0v) is 8.95. The fourth-order valence-electron chi connectivity index (χ4n) is 1.15. The lowest BCUT2D eigenvalue weighted by Crippen LogP contribution is -2.38.